The van der Waals surface area contributed by atoms with Gasteiger partial charge in [0.15, 0.2) is 0 Å². The van der Waals surface area contributed by atoms with Gasteiger partial charge in [0.25, 0.3) is 0 Å². The summed E-state index contributed by atoms with van der Waals surface area (Å²) in [5, 5.41) is 11.3. The fourth-order valence-corrected chi connectivity index (χ4v) is 4.15. The van der Waals surface area contributed by atoms with E-state index in [1.54, 1.807) is 4.57 Å². The van der Waals surface area contributed by atoms with Gasteiger partial charge in [-0.05, 0) is 9.91 Å². The van der Waals surface area contributed by atoms with Crippen LogP contribution >= 0.6 is 0 Å². The Morgan fingerprint density at radius 1 is 1.00 bits per heavy atom. The molecule has 0 amide bonds. The summed E-state index contributed by atoms with van der Waals surface area (Å²) in [5.74, 6) is 0.536. The molecule has 0 unspecified atom stereocenters. The van der Waals surface area contributed by atoms with E-state index >= 15 is 0 Å². The third kappa shape index (κ3) is 3.48. The molecule has 1 fully saturated rings. The fourth-order valence-electron chi connectivity index (χ4n) is 4.15. The van der Waals surface area contributed by atoms with Crippen molar-refractivity contribution >= 4 is 11.6 Å². The van der Waals surface area contributed by atoms with Crippen molar-refractivity contribution in [3.05, 3.63) is 88.2 Å². The van der Waals surface area contributed by atoms with Crippen LogP contribution in [0.25, 0.3) is 0 Å². The molecule has 3 aromatic rings. The third-order valence-electron chi connectivity index (χ3n) is 5.44. The van der Waals surface area contributed by atoms with Crippen molar-refractivity contribution in [2.75, 3.05) is 31.1 Å². The number of rotatable bonds is 5. The second-order valence-corrected chi connectivity index (χ2v) is 7.16. The Labute approximate surface area is 164 Å². The highest BCUT2D eigenvalue weighted by Gasteiger charge is 2.33. The van der Waals surface area contributed by atoms with Gasteiger partial charge in [0.05, 0.1) is 26.2 Å². The van der Waals surface area contributed by atoms with Gasteiger partial charge in [-0.1, -0.05) is 60.7 Å². The highest BCUT2D eigenvalue weighted by molar-refractivity contribution is 5.54. The molecule has 1 aromatic heterocycles. The van der Waals surface area contributed by atoms with Crippen molar-refractivity contribution in [2.24, 2.45) is 7.05 Å². The van der Waals surface area contributed by atoms with Crippen molar-refractivity contribution in [2.45, 2.75) is 6.04 Å². The molecule has 4 rings (SSSR count). The zero-order valence-corrected chi connectivity index (χ0v) is 15.9. The van der Waals surface area contributed by atoms with Gasteiger partial charge in [0, 0.05) is 18.2 Å². The molecule has 0 radical (unpaired) electrons. The number of imidazole rings is 1. The van der Waals surface area contributed by atoms with Crippen LogP contribution in [0, 0.1) is 10.1 Å². The highest BCUT2D eigenvalue weighted by Crippen LogP contribution is 2.26. The van der Waals surface area contributed by atoms with E-state index in [0.29, 0.717) is 5.82 Å². The van der Waals surface area contributed by atoms with Crippen LogP contribution in [0.15, 0.2) is 67.0 Å². The van der Waals surface area contributed by atoms with Crippen LogP contribution in [-0.4, -0.2) is 40.7 Å². The Kier molecular flexibility index (Phi) is 5.08. The van der Waals surface area contributed by atoms with Crippen molar-refractivity contribution in [3.63, 3.8) is 0 Å². The minimum Gasteiger partial charge on any atom is -0.358 e. The first-order valence-corrected chi connectivity index (χ1v) is 9.50. The maximum atomic E-state index is 11.3. The molecule has 144 valence electrons. The smallest absolute Gasteiger partial charge is 0.358 e. The van der Waals surface area contributed by atoms with Crippen molar-refractivity contribution < 1.29 is 9.82 Å². The zero-order chi connectivity index (χ0) is 19.5. The van der Waals surface area contributed by atoms with Crippen LogP contribution in [0.4, 0.5) is 11.6 Å². The first kappa shape index (κ1) is 18.2. The van der Waals surface area contributed by atoms with Crippen LogP contribution in [-0.2, 0) is 7.05 Å². The highest BCUT2D eigenvalue weighted by atomic mass is 16.6. The summed E-state index contributed by atoms with van der Waals surface area (Å²) in [6.45, 7) is 3.31. The molecule has 7 heteroatoms. The Hall–Kier alpha value is -3.19. The number of aromatic nitrogens is 2. The predicted octanol–water partition coefficient (Wildman–Crippen LogP) is 1.82. The molecule has 28 heavy (non-hydrogen) atoms. The van der Waals surface area contributed by atoms with Crippen LogP contribution < -0.4 is 9.80 Å². The standard InChI is InChI=1S/C21H23N5O2/c1-23-16-22-20(26(27)28)21(23)25-14-12-24(13-15-25)19(17-8-4-2-5-9-17)18-10-6-3-7-11-18/h2-11,16,19H,12-15H2,1H3/p+1. The van der Waals surface area contributed by atoms with E-state index < -0.39 is 4.92 Å². The second kappa shape index (κ2) is 7.82. The predicted molar refractivity (Wildman–Crippen MR) is 107 cm³/mol. The monoisotopic (exact) mass is 378 g/mol. The van der Waals surface area contributed by atoms with Crippen LogP contribution in [0.3, 0.4) is 0 Å². The summed E-state index contributed by atoms with van der Waals surface area (Å²) < 4.78 is 1.75. The molecule has 0 aliphatic carbocycles. The minimum atomic E-state index is -0.398. The quantitative estimate of drug-likeness (QED) is 0.543. The van der Waals surface area contributed by atoms with E-state index in [-0.39, 0.29) is 11.9 Å². The molecule has 1 saturated heterocycles. The first-order valence-electron chi connectivity index (χ1n) is 9.50. The first-order chi connectivity index (χ1) is 13.6. The number of hydrogen-bond acceptors (Lipinski definition) is 4. The van der Waals surface area contributed by atoms with Gasteiger partial charge < -0.3 is 19.9 Å². The molecular formula is C21H24N5O2+. The van der Waals surface area contributed by atoms with E-state index in [2.05, 4.69) is 58.4 Å². The normalized spacial score (nSPS) is 15.1. The number of nitrogens with zero attached hydrogens (tertiary/aromatic N) is 4. The molecular weight excluding hydrogens is 354 g/mol. The summed E-state index contributed by atoms with van der Waals surface area (Å²) in [4.78, 5) is 18.4. The van der Waals surface area contributed by atoms with Gasteiger partial charge in [0.1, 0.15) is 6.04 Å². The Morgan fingerprint density at radius 2 is 1.54 bits per heavy atom. The van der Waals surface area contributed by atoms with Gasteiger partial charge in [-0.15, -0.1) is 0 Å². The maximum Gasteiger partial charge on any atom is 0.406 e. The van der Waals surface area contributed by atoms with E-state index in [4.69, 9.17) is 0 Å². The maximum absolute atomic E-state index is 11.3. The van der Waals surface area contributed by atoms with Crippen molar-refractivity contribution in [3.8, 4) is 0 Å². The van der Waals surface area contributed by atoms with Crippen LogP contribution in [0.1, 0.15) is 17.2 Å². The largest absolute Gasteiger partial charge is 0.406 e. The number of quaternary nitrogens is 1. The molecule has 0 saturated carbocycles. The van der Waals surface area contributed by atoms with Gasteiger partial charge in [-0.25, -0.2) is 0 Å². The lowest BCUT2D eigenvalue weighted by atomic mass is 9.96. The van der Waals surface area contributed by atoms with E-state index in [1.165, 1.54) is 22.4 Å². The summed E-state index contributed by atoms with van der Waals surface area (Å²) in [6.07, 6.45) is 1.52. The summed E-state index contributed by atoms with van der Waals surface area (Å²) in [7, 11) is 1.81. The Bertz CT molecular complexity index is 894. The van der Waals surface area contributed by atoms with Gasteiger partial charge in [-0.2, -0.15) is 0 Å². The number of piperazine rings is 1. The molecule has 7 nitrogen and oxygen atoms in total. The Morgan fingerprint density at radius 3 is 2.04 bits per heavy atom. The molecule has 0 bridgehead atoms. The number of hydrogen-bond donors (Lipinski definition) is 1. The van der Waals surface area contributed by atoms with E-state index in [0.717, 1.165) is 26.2 Å². The number of anilines is 1. The minimum absolute atomic E-state index is 0.0615. The average Bonchev–Trinajstić information content (AvgIpc) is 3.12. The molecule has 0 atom stereocenters. The number of benzene rings is 2. The molecule has 2 aromatic carbocycles. The number of aryl methyl sites for hydroxylation is 1. The van der Waals surface area contributed by atoms with Gasteiger partial charge in [0.2, 0.25) is 12.1 Å². The topological polar surface area (TPSA) is 68.6 Å². The second-order valence-electron chi connectivity index (χ2n) is 7.16. The number of nitro groups is 1. The lowest BCUT2D eigenvalue weighted by Crippen LogP contribution is -3.15. The zero-order valence-electron chi connectivity index (χ0n) is 15.9. The molecule has 1 aliphatic rings. The van der Waals surface area contributed by atoms with E-state index in [1.807, 2.05) is 19.2 Å². The lowest BCUT2D eigenvalue weighted by molar-refractivity contribution is -0.926. The van der Waals surface area contributed by atoms with Gasteiger partial charge in [-0.3, -0.25) is 4.57 Å². The van der Waals surface area contributed by atoms with E-state index in [9.17, 15) is 10.1 Å². The SMILES string of the molecule is Cn1cnc([N+](=O)[O-])c1N1CC[NH+](C(c2ccccc2)c2ccccc2)CC1. The average molecular weight is 378 g/mol. The molecule has 0 spiro atoms. The summed E-state index contributed by atoms with van der Waals surface area (Å²) in [5.41, 5.74) is 2.59. The molecule has 1 aliphatic heterocycles. The Balaban J connectivity index is 1.57. The lowest BCUT2D eigenvalue weighted by Gasteiger charge is -2.37. The van der Waals surface area contributed by atoms with Crippen LogP contribution in [0.2, 0.25) is 0 Å². The third-order valence-corrected chi connectivity index (χ3v) is 5.44. The molecule has 1 N–H and O–H groups in total. The summed E-state index contributed by atoms with van der Waals surface area (Å²) in [6, 6.07) is 21.4. The molecule has 2 heterocycles. The van der Waals surface area contributed by atoms with Crippen molar-refractivity contribution in [1.82, 2.24) is 9.55 Å². The fraction of sp³-hybridized carbons (Fsp3) is 0.286. The van der Waals surface area contributed by atoms with Crippen LogP contribution in [0.5, 0.6) is 0 Å². The summed E-state index contributed by atoms with van der Waals surface area (Å²) >= 11 is 0. The number of nitrogens with one attached hydrogen (secondary N) is 1. The van der Waals surface area contributed by atoms with Crippen molar-refractivity contribution in [1.29, 1.82) is 0 Å². The van der Waals surface area contributed by atoms with Gasteiger partial charge >= 0.3 is 5.82 Å².